The molecule has 152 valence electrons. The van der Waals surface area contributed by atoms with Gasteiger partial charge in [0.25, 0.3) is 0 Å². The SMILES string of the molecule is O=S(=O)(Cc1nccs1)c1ccc2c(c1)OCCN2c1ccc(C(F)(F)F)cn1. The summed E-state index contributed by atoms with van der Waals surface area (Å²) >= 11 is 1.26. The normalized spacial score (nSPS) is 14.4. The van der Waals surface area contributed by atoms with Crippen molar-refractivity contribution < 1.29 is 26.3 Å². The Morgan fingerprint density at radius 1 is 1.17 bits per heavy atom. The van der Waals surface area contributed by atoms with Gasteiger partial charge in [-0.1, -0.05) is 0 Å². The van der Waals surface area contributed by atoms with Gasteiger partial charge in [-0.25, -0.2) is 18.4 Å². The highest BCUT2D eigenvalue weighted by atomic mass is 32.2. The van der Waals surface area contributed by atoms with Crippen LogP contribution in [-0.4, -0.2) is 31.5 Å². The smallest absolute Gasteiger partial charge is 0.417 e. The van der Waals surface area contributed by atoms with Crippen LogP contribution in [0.15, 0.2) is 53.0 Å². The van der Waals surface area contributed by atoms with Crippen molar-refractivity contribution in [1.29, 1.82) is 0 Å². The van der Waals surface area contributed by atoms with Gasteiger partial charge in [-0.05, 0) is 24.3 Å². The van der Waals surface area contributed by atoms with Crippen molar-refractivity contribution in [3.8, 4) is 5.75 Å². The third kappa shape index (κ3) is 4.06. The van der Waals surface area contributed by atoms with Gasteiger partial charge in [-0.3, -0.25) is 0 Å². The molecule has 0 saturated carbocycles. The van der Waals surface area contributed by atoms with Gasteiger partial charge < -0.3 is 9.64 Å². The van der Waals surface area contributed by atoms with E-state index in [2.05, 4.69) is 9.97 Å². The number of anilines is 2. The highest BCUT2D eigenvalue weighted by Crippen LogP contribution is 2.38. The summed E-state index contributed by atoms with van der Waals surface area (Å²) in [5.41, 5.74) is -0.296. The fourth-order valence-electron chi connectivity index (χ4n) is 2.92. The molecule has 0 aliphatic carbocycles. The monoisotopic (exact) mass is 441 g/mol. The van der Waals surface area contributed by atoms with Crippen molar-refractivity contribution >= 4 is 32.7 Å². The number of thiazole rings is 1. The number of alkyl halides is 3. The van der Waals surface area contributed by atoms with Gasteiger partial charge in [0.05, 0.1) is 22.7 Å². The predicted octanol–water partition coefficient (Wildman–Crippen LogP) is 4.06. The first-order valence-corrected chi connectivity index (χ1v) is 11.0. The van der Waals surface area contributed by atoms with Crippen molar-refractivity contribution in [2.45, 2.75) is 16.8 Å². The van der Waals surface area contributed by atoms with Crippen LogP contribution in [0, 0.1) is 0 Å². The van der Waals surface area contributed by atoms with Crippen LogP contribution in [0.5, 0.6) is 5.75 Å². The molecular weight excluding hydrogens is 427 g/mol. The fourth-order valence-corrected chi connectivity index (χ4v) is 5.18. The molecule has 1 aromatic carbocycles. The van der Waals surface area contributed by atoms with Crippen LogP contribution in [0.3, 0.4) is 0 Å². The number of aromatic nitrogens is 2. The van der Waals surface area contributed by atoms with Crippen molar-refractivity contribution in [2.24, 2.45) is 0 Å². The largest absolute Gasteiger partial charge is 0.489 e. The Morgan fingerprint density at radius 2 is 2.00 bits per heavy atom. The Kier molecular flexibility index (Phi) is 4.95. The maximum atomic E-state index is 12.8. The lowest BCUT2D eigenvalue weighted by Crippen LogP contribution is -2.29. The average molecular weight is 441 g/mol. The van der Waals surface area contributed by atoms with E-state index in [4.69, 9.17) is 4.74 Å². The molecule has 11 heteroatoms. The zero-order valence-corrected chi connectivity index (χ0v) is 16.4. The second-order valence-electron chi connectivity index (χ2n) is 6.22. The van der Waals surface area contributed by atoms with Crippen LogP contribution >= 0.6 is 11.3 Å². The minimum absolute atomic E-state index is 0.0914. The van der Waals surface area contributed by atoms with Gasteiger partial charge in [0.15, 0.2) is 9.84 Å². The Bertz CT molecular complexity index is 1120. The lowest BCUT2D eigenvalue weighted by molar-refractivity contribution is -0.137. The van der Waals surface area contributed by atoms with E-state index in [0.29, 0.717) is 28.8 Å². The number of benzene rings is 1. The molecule has 0 bridgehead atoms. The van der Waals surface area contributed by atoms with E-state index in [1.165, 1.54) is 29.5 Å². The Morgan fingerprint density at radius 3 is 2.66 bits per heavy atom. The van der Waals surface area contributed by atoms with E-state index in [-0.39, 0.29) is 17.3 Å². The zero-order chi connectivity index (χ0) is 20.6. The van der Waals surface area contributed by atoms with Crippen LogP contribution in [0.25, 0.3) is 0 Å². The first-order chi connectivity index (χ1) is 13.7. The average Bonchev–Trinajstić information content (AvgIpc) is 3.19. The molecule has 0 atom stereocenters. The summed E-state index contributed by atoms with van der Waals surface area (Å²) < 4.78 is 69.2. The highest BCUT2D eigenvalue weighted by molar-refractivity contribution is 7.90. The third-order valence-electron chi connectivity index (χ3n) is 4.30. The molecule has 0 fully saturated rings. The number of nitrogens with zero attached hydrogens (tertiary/aromatic N) is 3. The number of hydrogen-bond acceptors (Lipinski definition) is 7. The number of hydrogen-bond donors (Lipinski definition) is 0. The lowest BCUT2D eigenvalue weighted by atomic mass is 10.2. The van der Waals surface area contributed by atoms with Crippen molar-refractivity contribution in [3.63, 3.8) is 0 Å². The molecule has 3 aromatic rings. The van der Waals surface area contributed by atoms with Crippen molar-refractivity contribution in [1.82, 2.24) is 9.97 Å². The van der Waals surface area contributed by atoms with E-state index in [0.717, 1.165) is 12.3 Å². The van der Waals surface area contributed by atoms with Crippen LogP contribution < -0.4 is 9.64 Å². The van der Waals surface area contributed by atoms with Gasteiger partial charge in [0.2, 0.25) is 0 Å². The molecule has 0 saturated heterocycles. The number of sulfone groups is 1. The van der Waals surface area contributed by atoms with Gasteiger partial charge in [0, 0.05) is 23.8 Å². The van der Waals surface area contributed by atoms with Crippen LogP contribution in [-0.2, 0) is 21.8 Å². The third-order valence-corrected chi connectivity index (χ3v) is 6.89. The van der Waals surface area contributed by atoms with E-state index < -0.39 is 21.6 Å². The number of pyridine rings is 1. The standard InChI is InChI=1S/C18H14F3N3O3S2/c19-18(20,21)12-1-4-16(23-10-12)24-6-7-27-15-9-13(2-3-14(15)24)29(25,26)11-17-22-5-8-28-17/h1-5,8-10H,6-7,11H2. The second kappa shape index (κ2) is 7.30. The van der Waals surface area contributed by atoms with Gasteiger partial charge in [-0.15, -0.1) is 11.3 Å². The zero-order valence-electron chi connectivity index (χ0n) is 14.8. The molecule has 0 N–H and O–H groups in total. The molecule has 6 nitrogen and oxygen atoms in total. The Labute approximate surface area is 168 Å². The number of halogens is 3. The molecule has 0 unspecified atom stereocenters. The fraction of sp³-hybridized carbons (Fsp3) is 0.222. The molecule has 4 rings (SSSR count). The summed E-state index contributed by atoms with van der Waals surface area (Å²) in [4.78, 5) is 9.70. The minimum atomic E-state index is -4.46. The molecule has 0 radical (unpaired) electrons. The van der Waals surface area contributed by atoms with Gasteiger partial charge in [-0.2, -0.15) is 13.2 Å². The molecule has 1 aliphatic heterocycles. The maximum absolute atomic E-state index is 12.8. The van der Waals surface area contributed by atoms with Gasteiger partial charge in [0.1, 0.15) is 28.9 Å². The van der Waals surface area contributed by atoms with E-state index in [1.807, 2.05) is 0 Å². The van der Waals surface area contributed by atoms with E-state index in [9.17, 15) is 21.6 Å². The summed E-state index contributed by atoms with van der Waals surface area (Å²) in [6.45, 7) is 0.613. The van der Waals surface area contributed by atoms with Crippen LogP contribution in [0.2, 0.25) is 0 Å². The number of ether oxygens (including phenoxy) is 1. The summed E-state index contributed by atoms with van der Waals surface area (Å²) in [7, 11) is -3.61. The van der Waals surface area contributed by atoms with Crippen molar-refractivity contribution in [3.05, 3.63) is 58.7 Å². The first kappa shape index (κ1) is 19.6. The van der Waals surface area contributed by atoms with Gasteiger partial charge >= 0.3 is 6.18 Å². The van der Waals surface area contributed by atoms with Crippen molar-refractivity contribution in [2.75, 3.05) is 18.1 Å². The topological polar surface area (TPSA) is 72.4 Å². The summed E-state index contributed by atoms with van der Waals surface area (Å²) in [6.07, 6.45) is -2.15. The minimum Gasteiger partial charge on any atom is -0.489 e. The molecule has 2 aromatic heterocycles. The molecule has 3 heterocycles. The lowest BCUT2D eigenvalue weighted by Gasteiger charge is -2.30. The first-order valence-electron chi connectivity index (χ1n) is 8.43. The summed E-state index contributed by atoms with van der Waals surface area (Å²) in [5.74, 6) is 0.437. The van der Waals surface area contributed by atoms with Crippen LogP contribution in [0.4, 0.5) is 24.7 Å². The quantitative estimate of drug-likeness (QED) is 0.608. The van der Waals surface area contributed by atoms with Crippen LogP contribution in [0.1, 0.15) is 10.6 Å². The number of fused-ring (bicyclic) bond motifs is 1. The number of rotatable bonds is 4. The highest BCUT2D eigenvalue weighted by Gasteiger charge is 2.31. The second-order valence-corrected chi connectivity index (χ2v) is 9.19. The van der Waals surface area contributed by atoms with E-state index in [1.54, 1.807) is 22.5 Å². The molecule has 1 aliphatic rings. The maximum Gasteiger partial charge on any atom is 0.417 e. The molecule has 0 amide bonds. The Hall–Kier alpha value is -2.66. The van der Waals surface area contributed by atoms with E-state index >= 15 is 0 Å². The summed E-state index contributed by atoms with van der Waals surface area (Å²) in [5, 5.41) is 2.19. The molecule has 0 spiro atoms. The molecular formula is C18H14F3N3O3S2. The predicted molar refractivity (Wildman–Crippen MR) is 101 cm³/mol. The Balaban J connectivity index is 1.63. The summed E-state index contributed by atoms with van der Waals surface area (Å²) in [6, 6.07) is 6.69. The molecule has 29 heavy (non-hydrogen) atoms.